The van der Waals surface area contributed by atoms with E-state index in [0.717, 1.165) is 32.1 Å². The minimum absolute atomic E-state index is 0.00202. The van der Waals surface area contributed by atoms with Crippen LogP contribution in [0.15, 0.2) is 24.3 Å². The van der Waals surface area contributed by atoms with E-state index in [1.165, 1.54) is 17.5 Å². The van der Waals surface area contributed by atoms with Crippen molar-refractivity contribution in [2.45, 2.75) is 57.0 Å². The second kappa shape index (κ2) is 6.71. The van der Waals surface area contributed by atoms with E-state index in [0.29, 0.717) is 11.8 Å². The molecule has 0 aliphatic heterocycles. The van der Waals surface area contributed by atoms with Crippen molar-refractivity contribution >= 4 is 18.9 Å². The lowest BCUT2D eigenvalue weighted by Gasteiger charge is -2.62. The molecule has 0 aromatic heterocycles. The van der Waals surface area contributed by atoms with Crippen molar-refractivity contribution in [1.29, 1.82) is 0 Å². The Labute approximate surface area is 163 Å². The van der Waals surface area contributed by atoms with Crippen molar-refractivity contribution in [2.24, 2.45) is 17.3 Å². The number of hydrogen-bond donors (Lipinski definition) is 1. The summed E-state index contributed by atoms with van der Waals surface area (Å²) in [7, 11) is 0. The summed E-state index contributed by atoms with van der Waals surface area (Å²) < 4.78 is 35.6. The van der Waals surface area contributed by atoms with Gasteiger partial charge in [-0.3, -0.25) is 0 Å². The summed E-state index contributed by atoms with van der Waals surface area (Å²) in [5.41, 5.74) is 2.38. The number of esters is 1. The van der Waals surface area contributed by atoms with E-state index < -0.39 is 12.1 Å². The van der Waals surface area contributed by atoms with Crippen molar-refractivity contribution < 1.29 is 27.5 Å². The largest absolute Gasteiger partial charge is 0.483 e. The maximum atomic E-state index is 13.5. The van der Waals surface area contributed by atoms with Crippen molar-refractivity contribution in [3.05, 3.63) is 35.4 Å². The molecule has 0 amide bonds. The van der Waals surface area contributed by atoms with Crippen LogP contribution in [0.3, 0.4) is 0 Å². The number of aryl methyl sites for hydroxylation is 1. The molecule has 1 aromatic carbocycles. The maximum absolute atomic E-state index is 13.5. The van der Waals surface area contributed by atoms with Crippen LogP contribution in [0.1, 0.15) is 49.7 Å². The Morgan fingerprint density at radius 3 is 2.41 bits per heavy atom. The van der Waals surface area contributed by atoms with Gasteiger partial charge >= 0.3 is 12.1 Å². The van der Waals surface area contributed by atoms with Crippen molar-refractivity contribution in [3.8, 4) is 0 Å². The van der Waals surface area contributed by atoms with Crippen LogP contribution in [0.5, 0.6) is 0 Å². The first kappa shape index (κ1) is 19.2. The Morgan fingerprint density at radius 2 is 1.81 bits per heavy atom. The molecule has 4 aliphatic carbocycles. The maximum Gasteiger partial charge on any atom is 0.483 e. The third-order valence-electron chi connectivity index (χ3n) is 6.74. The fourth-order valence-electron chi connectivity index (χ4n) is 6.25. The van der Waals surface area contributed by atoms with Crippen LogP contribution < -0.4 is 0 Å². The molecule has 2 unspecified atom stereocenters. The molecule has 4 fully saturated rings. The molecule has 1 aromatic rings. The van der Waals surface area contributed by atoms with E-state index in [-0.39, 0.29) is 17.4 Å². The van der Waals surface area contributed by atoms with Crippen molar-refractivity contribution in [1.82, 2.24) is 0 Å². The fourth-order valence-corrected chi connectivity index (χ4v) is 6.34. The third kappa shape index (κ3) is 3.49. The summed E-state index contributed by atoms with van der Waals surface area (Å²) in [5, 5.41) is 0. The molecule has 4 saturated carbocycles. The summed E-state index contributed by atoms with van der Waals surface area (Å²) in [5.74, 6) is -0.607. The zero-order valence-electron chi connectivity index (χ0n) is 15.2. The Morgan fingerprint density at radius 1 is 1.19 bits per heavy atom. The molecule has 4 nitrogen and oxygen atoms in total. The number of thiol groups is 1. The highest BCUT2D eigenvalue weighted by Gasteiger charge is 2.59. The lowest BCUT2D eigenvalue weighted by molar-refractivity contribution is -0.369. The quantitative estimate of drug-likeness (QED) is 0.247. The lowest BCUT2D eigenvalue weighted by atomic mass is 9.43. The van der Waals surface area contributed by atoms with Gasteiger partial charge in [-0.25, -0.2) is 4.79 Å². The molecule has 5 rings (SSSR count). The number of halogens is 2. The molecule has 0 saturated heterocycles. The highest BCUT2D eigenvalue weighted by atomic mass is 32.1. The molecule has 2 atom stereocenters. The zero-order valence-corrected chi connectivity index (χ0v) is 16.1. The third-order valence-corrected chi connectivity index (χ3v) is 6.81. The van der Waals surface area contributed by atoms with E-state index in [1.807, 2.05) is 0 Å². The first-order chi connectivity index (χ1) is 12.8. The van der Waals surface area contributed by atoms with E-state index in [9.17, 15) is 13.6 Å². The van der Waals surface area contributed by atoms with E-state index >= 15 is 0 Å². The average Bonchev–Trinajstić information content (AvgIpc) is 2.59. The molecular formula is C20H24F2O4S. The minimum Gasteiger partial charge on any atom is -0.459 e. The Kier molecular flexibility index (Phi) is 4.76. The van der Waals surface area contributed by atoms with Gasteiger partial charge in [-0.15, -0.1) is 4.89 Å². The molecule has 0 radical (unpaired) electrons. The van der Waals surface area contributed by atoms with Crippen LogP contribution in [-0.2, 0) is 24.2 Å². The molecule has 4 aliphatic rings. The molecule has 0 spiro atoms. The van der Waals surface area contributed by atoms with Crippen LogP contribution in [0.2, 0.25) is 0 Å². The average molecular weight is 398 g/mol. The molecule has 148 valence electrons. The SMILES string of the molecule is Cc1ccc(C23CC4CC(CC(COC(=O)C(F)(F)OOS)(C4)C2)C3)cc1. The first-order valence-electron chi connectivity index (χ1n) is 9.37. The van der Waals surface area contributed by atoms with E-state index in [1.54, 1.807) is 0 Å². The fraction of sp³-hybridized carbons (Fsp3) is 0.650. The van der Waals surface area contributed by atoms with Gasteiger partial charge in [0.1, 0.15) is 0 Å². The zero-order chi connectivity index (χ0) is 19.3. The van der Waals surface area contributed by atoms with Crippen LogP contribution in [0.25, 0.3) is 0 Å². The lowest BCUT2D eigenvalue weighted by Crippen LogP contribution is -2.56. The molecule has 27 heavy (non-hydrogen) atoms. The van der Waals surface area contributed by atoms with Gasteiger partial charge in [0.2, 0.25) is 0 Å². The molecule has 0 N–H and O–H groups in total. The number of rotatable bonds is 6. The Hall–Kier alpha value is -1.18. The Bertz CT molecular complexity index is 707. The van der Waals surface area contributed by atoms with Gasteiger partial charge in [0, 0.05) is 18.3 Å². The first-order valence-corrected chi connectivity index (χ1v) is 9.74. The number of alkyl halides is 2. The van der Waals surface area contributed by atoms with Crippen molar-refractivity contribution in [2.75, 3.05) is 6.61 Å². The monoisotopic (exact) mass is 398 g/mol. The second-order valence-electron chi connectivity index (χ2n) is 8.86. The predicted octanol–water partition coefficient (Wildman–Crippen LogP) is 4.76. The molecule has 4 bridgehead atoms. The molecule has 0 heterocycles. The smallest absolute Gasteiger partial charge is 0.459 e. The number of hydrogen-bond acceptors (Lipinski definition) is 5. The van der Waals surface area contributed by atoms with Crippen LogP contribution in [0.4, 0.5) is 8.78 Å². The van der Waals surface area contributed by atoms with Gasteiger partial charge in [-0.1, -0.05) is 29.8 Å². The van der Waals surface area contributed by atoms with Gasteiger partial charge in [0.15, 0.2) is 0 Å². The van der Waals surface area contributed by atoms with Crippen molar-refractivity contribution in [3.63, 3.8) is 0 Å². The number of carbonyl (C=O) groups excluding carboxylic acids is 1. The molecule has 7 heteroatoms. The second-order valence-corrected chi connectivity index (χ2v) is 9.01. The standard InChI is InChI=1S/C20H24F2O4S/c1-13-2-4-16(5-3-13)19-9-14-6-15(10-19)8-18(7-14,11-19)12-24-17(23)20(21,22)25-26-27/h2-5,14-15,27H,6-12H2,1H3. The summed E-state index contributed by atoms with van der Waals surface area (Å²) in [6.45, 7) is 2.07. The summed E-state index contributed by atoms with van der Waals surface area (Å²) in [6, 6.07) is 8.67. The van der Waals surface area contributed by atoms with E-state index in [2.05, 4.69) is 53.3 Å². The van der Waals surface area contributed by atoms with Gasteiger partial charge in [0.25, 0.3) is 0 Å². The summed E-state index contributed by atoms with van der Waals surface area (Å²) >= 11 is 3.10. The predicted molar refractivity (Wildman–Crippen MR) is 97.0 cm³/mol. The van der Waals surface area contributed by atoms with Crippen LogP contribution in [0, 0.1) is 24.2 Å². The van der Waals surface area contributed by atoms with Gasteiger partial charge in [-0.2, -0.15) is 13.1 Å². The number of carbonyl (C=O) groups is 1. The highest BCUT2D eigenvalue weighted by Crippen LogP contribution is 2.65. The van der Waals surface area contributed by atoms with Crippen LogP contribution >= 0.6 is 12.9 Å². The van der Waals surface area contributed by atoms with E-state index in [4.69, 9.17) is 4.74 Å². The minimum atomic E-state index is -4.15. The topological polar surface area (TPSA) is 44.8 Å². The number of benzene rings is 1. The highest BCUT2D eigenvalue weighted by molar-refractivity contribution is 7.74. The van der Waals surface area contributed by atoms with Gasteiger partial charge < -0.3 is 4.74 Å². The summed E-state index contributed by atoms with van der Waals surface area (Å²) in [6.07, 6.45) is 2.04. The normalized spacial score (nSPS) is 34.7. The van der Waals surface area contributed by atoms with Crippen LogP contribution in [-0.4, -0.2) is 18.7 Å². The number of ether oxygens (including phenoxy) is 1. The van der Waals surface area contributed by atoms with Gasteiger partial charge in [0.05, 0.1) is 6.61 Å². The molecular weight excluding hydrogens is 374 g/mol. The Balaban J connectivity index is 1.53. The summed E-state index contributed by atoms with van der Waals surface area (Å²) in [4.78, 5) is 15.3. The van der Waals surface area contributed by atoms with Gasteiger partial charge in [-0.05, 0) is 68.3 Å².